The molecule has 2 aromatic rings. The van der Waals surface area contributed by atoms with Gasteiger partial charge in [-0.3, -0.25) is 28.9 Å². The first-order valence-corrected chi connectivity index (χ1v) is 21.9. The molecule has 2 fully saturated rings. The summed E-state index contributed by atoms with van der Waals surface area (Å²) < 4.78 is 32.6. The minimum absolute atomic E-state index is 0.00216. The molecule has 4 heterocycles. The summed E-state index contributed by atoms with van der Waals surface area (Å²) in [5.74, 6) is -8.39. The van der Waals surface area contributed by atoms with E-state index in [9.17, 15) is 68.7 Å². The second-order valence-electron chi connectivity index (χ2n) is 15.4. The lowest BCUT2D eigenvalue weighted by molar-refractivity contribution is -0.271. The van der Waals surface area contributed by atoms with Crippen molar-refractivity contribution in [2.24, 2.45) is 5.92 Å². The van der Waals surface area contributed by atoms with Gasteiger partial charge in [0.2, 0.25) is 29.9 Å². The molecule has 3 aliphatic heterocycles. The summed E-state index contributed by atoms with van der Waals surface area (Å²) in [6.07, 6.45) is -10.8. The van der Waals surface area contributed by atoms with Crippen LogP contribution in [0.15, 0.2) is 18.2 Å². The van der Waals surface area contributed by atoms with Crippen molar-refractivity contribution in [2.75, 3.05) is 69.9 Å². The van der Waals surface area contributed by atoms with E-state index in [1.165, 1.54) is 28.0 Å². The third-order valence-corrected chi connectivity index (χ3v) is 11.6. The molecule has 0 saturated carbocycles. The number of benzene rings is 1. The van der Waals surface area contributed by atoms with Crippen LogP contribution in [-0.4, -0.2) is 184 Å². The number of fused-ring (bicyclic) bond motifs is 1. The molecular weight excluding hydrogens is 931 g/mol. The van der Waals surface area contributed by atoms with Gasteiger partial charge in [-0.2, -0.15) is 0 Å². The predicted molar refractivity (Wildman–Crippen MR) is 227 cm³/mol. The summed E-state index contributed by atoms with van der Waals surface area (Å²) in [6.45, 7) is 2.31. The smallest absolute Gasteiger partial charge is 0.410 e. The molecule has 3 aliphatic rings. The first kappa shape index (κ1) is 52.6. The molecule has 9 N–H and O–H groups in total. The van der Waals surface area contributed by atoms with E-state index < -0.39 is 79.0 Å². The number of carbonyl (C=O) groups is 9. The van der Waals surface area contributed by atoms with E-state index in [0.29, 0.717) is 10.4 Å². The third-order valence-electron chi connectivity index (χ3n) is 10.5. The predicted octanol–water partition coefficient (Wildman–Crippen LogP) is -1.28. The molecule has 1 unspecified atom stereocenters. The van der Waals surface area contributed by atoms with E-state index in [1.807, 2.05) is 0 Å². The number of aliphatic hydroxyl groups is 3. The van der Waals surface area contributed by atoms with Gasteiger partial charge in [0.15, 0.2) is 6.10 Å². The number of aliphatic hydroxyl groups excluding tert-OH is 3. The van der Waals surface area contributed by atoms with Crippen LogP contribution < -0.4 is 20.7 Å². The highest BCUT2D eigenvalue weighted by atomic mass is 32.1. The number of thiophene rings is 1. The molecule has 0 spiro atoms. The monoisotopic (exact) mass is 981 g/mol. The molecule has 2 saturated heterocycles. The topological polar surface area (TPSA) is 373 Å². The van der Waals surface area contributed by atoms with E-state index in [0.717, 1.165) is 11.3 Å². The van der Waals surface area contributed by atoms with Gasteiger partial charge in [-0.05, 0) is 29.7 Å². The van der Waals surface area contributed by atoms with Crippen molar-refractivity contribution in [1.29, 1.82) is 0 Å². The summed E-state index contributed by atoms with van der Waals surface area (Å²) in [4.78, 5) is 112. The molecule has 0 radical (unpaired) electrons. The molecule has 0 aliphatic carbocycles. The maximum absolute atomic E-state index is 13.2. The van der Waals surface area contributed by atoms with E-state index in [2.05, 4.69) is 16.0 Å². The van der Waals surface area contributed by atoms with Gasteiger partial charge in [-0.15, -0.1) is 11.3 Å². The van der Waals surface area contributed by atoms with Gasteiger partial charge < -0.3 is 79.9 Å². The van der Waals surface area contributed by atoms with Gasteiger partial charge in [0.05, 0.1) is 64.0 Å². The molecule has 1 aromatic heterocycles. The zero-order valence-electron chi connectivity index (χ0n) is 36.4. The lowest BCUT2D eigenvalue weighted by Gasteiger charge is -2.38. The number of nitrogens with one attached hydrogen (secondary N) is 3. The Morgan fingerprint density at radius 3 is 2.19 bits per heavy atom. The fraction of sp³-hybridized carbons (Fsp3) is 0.537. The van der Waals surface area contributed by atoms with Crippen LogP contribution in [0.25, 0.3) is 0 Å². The Morgan fingerprint density at radius 1 is 0.853 bits per heavy atom. The molecule has 26 nitrogen and oxygen atoms in total. The standard InChI is InChI=1S/C41H51N5O21S/c1-20-16-28(49)46(36(20)54)9-11-63-13-15-64-14-12-62-10-6-26(47)42-7-4-27(48)43-23-17-21(2-3-24(23)66-40-32(52)30(50)31(51)33(67-40)38(57)58)19-65-41(61)45-8-5-22-25(18-45)68-35(29(22)37(55)56)44-34(53)39(59)60/h2-3,17,20,30-33,40,50-52H,4-16,18-19H2,1H3,(H,42,47)(H,43,48)(H,44,53)(H,55,56)(H,57,58)(H,59,60)/t20?,30-,31-,32+,33-,40+/m0/s1. The summed E-state index contributed by atoms with van der Waals surface area (Å²) in [6, 6.07) is 3.95. The van der Waals surface area contributed by atoms with E-state index in [-0.39, 0.29) is 137 Å². The van der Waals surface area contributed by atoms with Gasteiger partial charge in [0.1, 0.15) is 35.7 Å². The Labute approximate surface area is 389 Å². The highest BCUT2D eigenvalue weighted by Crippen LogP contribution is 2.38. The Bertz CT molecular complexity index is 2220. The number of likely N-dealkylation sites (tertiary alicyclic amines) is 1. The van der Waals surface area contributed by atoms with Gasteiger partial charge >= 0.3 is 29.9 Å². The first-order valence-electron chi connectivity index (χ1n) is 21.1. The normalized spacial score (nSPS) is 21.2. The lowest BCUT2D eigenvalue weighted by atomic mass is 9.99. The maximum Gasteiger partial charge on any atom is 0.410 e. The molecular formula is C41H51N5O21S. The highest BCUT2D eigenvalue weighted by molar-refractivity contribution is 7.17. The highest BCUT2D eigenvalue weighted by Gasteiger charge is 2.48. The Hall–Kier alpha value is -6.33. The number of hydrogen-bond donors (Lipinski definition) is 9. The van der Waals surface area contributed by atoms with Crippen LogP contribution in [0.3, 0.4) is 0 Å². The van der Waals surface area contributed by atoms with E-state index in [1.54, 1.807) is 6.92 Å². The Morgan fingerprint density at radius 2 is 1.54 bits per heavy atom. The summed E-state index contributed by atoms with van der Waals surface area (Å²) >= 11 is 0.796. The lowest BCUT2D eigenvalue weighted by Crippen LogP contribution is -2.61. The minimum atomic E-state index is -2.01. The molecule has 5 rings (SSSR count). The summed E-state index contributed by atoms with van der Waals surface area (Å²) in [5.41, 5.74) is 0.187. The molecule has 27 heteroatoms. The number of hydrogen-bond acceptors (Lipinski definition) is 19. The second kappa shape index (κ2) is 24.6. The van der Waals surface area contributed by atoms with Crippen molar-refractivity contribution in [3.05, 3.63) is 39.8 Å². The molecule has 6 amide bonds. The number of imide groups is 1. The maximum atomic E-state index is 13.2. The van der Waals surface area contributed by atoms with Gasteiger partial charge in [0.25, 0.3) is 0 Å². The molecule has 0 bridgehead atoms. The number of amides is 6. The average Bonchev–Trinajstić information content (AvgIpc) is 3.77. The molecule has 6 atom stereocenters. The number of aromatic carboxylic acids is 1. The number of nitrogens with zero attached hydrogens (tertiary/aromatic N) is 2. The van der Waals surface area contributed by atoms with Crippen LogP contribution in [0.4, 0.5) is 15.5 Å². The second-order valence-corrected chi connectivity index (χ2v) is 16.5. The van der Waals surface area contributed by atoms with Crippen LogP contribution in [0.5, 0.6) is 5.75 Å². The van der Waals surface area contributed by atoms with Crippen molar-refractivity contribution in [1.82, 2.24) is 15.1 Å². The fourth-order valence-corrected chi connectivity index (χ4v) is 8.22. The molecule has 1 aromatic carbocycles. The number of rotatable bonds is 23. The third kappa shape index (κ3) is 14.1. The number of aliphatic carboxylic acids is 2. The quantitative estimate of drug-likeness (QED) is 0.0355. The number of anilines is 2. The summed E-state index contributed by atoms with van der Waals surface area (Å²) in [5, 5.41) is 66.1. The number of carboxylic acid groups (broad SMARTS) is 3. The van der Waals surface area contributed by atoms with Crippen LogP contribution in [0, 0.1) is 5.92 Å². The number of ether oxygens (including phenoxy) is 6. The van der Waals surface area contributed by atoms with Crippen molar-refractivity contribution < 1.29 is 102 Å². The van der Waals surface area contributed by atoms with Gasteiger partial charge in [0, 0.05) is 43.1 Å². The van der Waals surface area contributed by atoms with Crippen molar-refractivity contribution >= 4 is 75.6 Å². The Kier molecular flexibility index (Phi) is 19.1. The van der Waals surface area contributed by atoms with E-state index >= 15 is 0 Å². The van der Waals surface area contributed by atoms with Crippen molar-refractivity contribution in [3.63, 3.8) is 0 Å². The van der Waals surface area contributed by atoms with Gasteiger partial charge in [-0.25, -0.2) is 19.2 Å². The first-order chi connectivity index (χ1) is 32.4. The van der Waals surface area contributed by atoms with Crippen LogP contribution in [0.2, 0.25) is 0 Å². The van der Waals surface area contributed by atoms with Crippen molar-refractivity contribution in [2.45, 2.75) is 76.5 Å². The van der Waals surface area contributed by atoms with Crippen molar-refractivity contribution in [3.8, 4) is 5.75 Å². The SMILES string of the molecule is CC1CC(=O)N(CCOCCOCCOCCC(=O)NCCC(=O)Nc2cc(COC(=O)N3CCc4c(sc(NC(=O)C(=O)O)c4C(=O)O)C3)ccc2O[C@@H]2O[C@H](C(=O)O)[C@@H](O)[C@H](O)[C@H]2O)C1=O. The molecule has 68 heavy (non-hydrogen) atoms. The minimum Gasteiger partial charge on any atom is -0.479 e. The van der Waals surface area contributed by atoms with Crippen LogP contribution in [-0.2, 0) is 76.8 Å². The number of carbonyl (C=O) groups excluding carboxylic acids is 6. The Balaban J connectivity index is 1.10. The summed E-state index contributed by atoms with van der Waals surface area (Å²) in [7, 11) is 0. The van der Waals surface area contributed by atoms with Gasteiger partial charge in [-0.1, -0.05) is 13.0 Å². The molecule has 372 valence electrons. The average molecular weight is 982 g/mol. The fourth-order valence-electron chi connectivity index (χ4n) is 6.97. The van der Waals surface area contributed by atoms with Crippen LogP contribution >= 0.6 is 11.3 Å². The number of carboxylic acids is 3. The largest absolute Gasteiger partial charge is 0.479 e. The van der Waals surface area contributed by atoms with E-state index in [4.69, 9.17) is 33.5 Å². The zero-order chi connectivity index (χ0) is 49.7. The van der Waals surface area contributed by atoms with Crippen LogP contribution in [0.1, 0.15) is 52.5 Å². The zero-order valence-corrected chi connectivity index (χ0v) is 37.2.